The zero-order chi connectivity index (χ0) is 20.3. The largest absolute Gasteiger partial charge is 0.366 e. The molecule has 1 heterocycles. The number of hydrogen-bond donors (Lipinski definition) is 2. The molecule has 1 saturated heterocycles. The van der Waals surface area contributed by atoms with Crippen molar-refractivity contribution in [3.05, 3.63) is 69.2 Å². The zero-order valence-corrected chi connectivity index (χ0v) is 17.1. The lowest BCUT2D eigenvalue weighted by Gasteiger charge is -2.38. The second kappa shape index (κ2) is 8.95. The molecule has 0 aromatic heterocycles. The highest BCUT2D eigenvalue weighted by Crippen LogP contribution is 2.30. The standard InChI is InChI=1S/C21H23Cl2N3O2/c1-26-10-6-5-9-17(26)19(13-7-3-2-4-8-13)25-21(28)14-11-15(22)18(20(24)27)16(23)12-14/h2-4,7-8,11-12,17,19H,5-6,9-10H2,1H3,(H2,24,27)(H,25,28). The minimum atomic E-state index is -0.729. The molecule has 2 atom stereocenters. The van der Waals surface area contributed by atoms with Gasteiger partial charge in [0.1, 0.15) is 0 Å². The summed E-state index contributed by atoms with van der Waals surface area (Å²) in [5.41, 5.74) is 6.65. The van der Waals surface area contributed by atoms with E-state index in [9.17, 15) is 9.59 Å². The molecule has 0 bridgehead atoms. The van der Waals surface area contributed by atoms with Gasteiger partial charge in [-0.15, -0.1) is 0 Å². The molecule has 2 aromatic rings. The predicted molar refractivity (Wildman–Crippen MR) is 112 cm³/mol. The molecule has 1 fully saturated rings. The Balaban J connectivity index is 1.90. The molecule has 148 valence electrons. The first-order chi connectivity index (χ1) is 13.4. The second-order valence-electron chi connectivity index (χ2n) is 7.08. The fourth-order valence-corrected chi connectivity index (χ4v) is 4.42. The molecule has 2 unspecified atom stereocenters. The normalized spacial score (nSPS) is 18.5. The number of hydrogen-bond acceptors (Lipinski definition) is 3. The third kappa shape index (κ3) is 4.49. The SMILES string of the molecule is CN1CCCCC1C(NC(=O)c1cc(Cl)c(C(N)=O)c(Cl)c1)c1ccccc1. The van der Waals surface area contributed by atoms with Crippen LogP contribution in [0.2, 0.25) is 10.0 Å². The molecule has 1 aliphatic heterocycles. The highest BCUT2D eigenvalue weighted by Gasteiger charge is 2.30. The highest BCUT2D eigenvalue weighted by atomic mass is 35.5. The number of likely N-dealkylation sites (tertiary alicyclic amines) is 1. The Morgan fingerprint density at radius 2 is 1.79 bits per heavy atom. The smallest absolute Gasteiger partial charge is 0.251 e. The molecule has 3 N–H and O–H groups in total. The van der Waals surface area contributed by atoms with Crippen LogP contribution < -0.4 is 11.1 Å². The van der Waals surface area contributed by atoms with E-state index in [1.807, 2.05) is 30.3 Å². The number of amides is 2. The molecule has 2 aromatic carbocycles. The summed E-state index contributed by atoms with van der Waals surface area (Å²) in [5.74, 6) is -1.03. The Morgan fingerprint density at radius 1 is 1.14 bits per heavy atom. The van der Waals surface area contributed by atoms with Gasteiger partial charge in [0.15, 0.2) is 0 Å². The van der Waals surface area contributed by atoms with Gasteiger partial charge in [-0.2, -0.15) is 0 Å². The average Bonchev–Trinajstić information content (AvgIpc) is 2.66. The van der Waals surface area contributed by atoms with E-state index in [-0.39, 0.29) is 33.6 Å². The van der Waals surface area contributed by atoms with Crippen LogP contribution in [0.25, 0.3) is 0 Å². The molecule has 3 rings (SSSR count). The van der Waals surface area contributed by atoms with Crippen LogP contribution in [0.4, 0.5) is 0 Å². The summed E-state index contributed by atoms with van der Waals surface area (Å²) < 4.78 is 0. The number of rotatable bonds is 5. The number of nitrogens with zero attached hydrogens (tertiary/aromatic N) is 1. The van der Waals surface area contributed by atoms with Gasteiger partial charge >= 0.3 is 0 Å². The zero-order valence-electron chi connectivity index (χ0n) is 15.6. The Bertz CT molecular complexity index is 850. The van der Waals surface area contributed by atoms with E-state index in [1.165, 1.54) is 12.1 Å². The summed E-state index contributed by atoms with van der Waals surface area (Å²) in [6.45, 7) is 0.995. The number of carbonyl (C=O) groups excluding carboxylic acids is 2. The lowest BCUT2D eigenvalue weighted by atomic mass is 9.91. The van der Waals surface area contributed by atoms with Crippen molar-refractivity contribution < 1.29 is 9.59 Å². The molecule has 0 saturated carbocycles. The Morgan fingerprint density at radius 3 is 2.36 bits per heavy atom. The first-order valence-electron chi connectivity index (χ1n) is 9.23. The molecule has 0 radical (unpaired) electrons. The summed E-state index contributed by atoms with van der Waals surface area (Å²) in [6.07, 6.45) is 3.28. The van der Waals surface area contributed by atoms with Gasteiger partial charge in [-0.1, -0.05) is 60.0 Å². The molecule has 0 spiro atoms. The van der Waals surface area contributed by atoms with Crippen molar-refractivity contribution in [2.24, 2.45) is 5.73 Å². The van der Waals surface area contributed by atoms with Gasteiger partial charge in [0, 0.05) is 11.6 Å². The van der Waals surface area contributed by atoms with E-state index in [1.54, 1.807) is 0 Å². The van der Waals surface area contributed by atoms with Crippen molar-refractivity contribution in [3.8, 4) is 0 Å². The van der Waals surface area contributed by atoms with Gasteiger partial charge < -0.3 is 16.0 Å². The van der Waals surface area contributed by atoms with Crippen molar-refractivity contribution in [3.63, 3.8) is 0 Å². The van der Waals surface area contributed by atoms with Gasteiger partial charge in [-0.05, 0) is 44.1 Å². The van der Waals surface area contributed by atoms with E-state index in [2.05, 4.69) is 17.3 Å². The van der Waals surface area contributed by atoms with Crippen LogP contribution in [-0.4, -0.2) is 36.3 Å². The van der Waals surface area contributed by atoms with Crippen LogP contribution in [0.1, 0.15) is 51.6 Å². The van der Waals surface area contributed by atoms with Crippen molar-refractivity contribution >= 4 is 35.0 Å². The average molecular weight is 420 g/mol. The summed E-state index contributed by atoms with van der Waals surface area (Å²) in [7, 11) is 2.08. The maximum absolute atomic E-state index is 13.0. The molecule has 7 heteroatoms. The van der Waals surface area contributed by atoms with E-state index < -0.39 is 5.91 Å². The van der Waals surface area contributed by atoms with Gasteiger partial charge in [0.05, 0.1) is 21.7 Å². The monoisotopic (exact) mass is 419 g/mol. The lowest BCUT2D eigenvalue weighted by molar-refractivity contribution is 0.0870. The summed E-state index contributed by atoms with van der Waals surface area (Å²) >= 11 is 12.3. The second-order valence-corrected chi connectivity index (χ2v) is 7.90. The van der Waals surface area contributed by atoms with Crippen LogP contribution in [0.5, 0.6) is 0 Å². The predicted octanol–water partition coefficient (Wildman–Crippen LogP) is 4.05. The van der Waals surface area contributed by atoms with Crippen molar-refractivity contribution in [2.45, 2.75) is 31.3 Å². The van der Waals surface area contributed by atoms with Crippen LogP contribution >= 0.6 is 23.2 Å². The van der Waals surface area contributed by atoms with Crippen molar-refractivity contribution in [1.29, 1.82) is 0 Å². The van der Waals surface area contributed by atoms with Gasteiger partial charge in [0.2, 0.25) is 0 Å². The van der Waals surface area contributed by atoms with Gasteiger partial charge in [-0.25, -0.2) is 0 Å². The number of piperidine rings is 1. The molecule has 2 amide bonds. The van der Waals surface area contributed by atoms with E-state index >= 15 is 0 Å². The van der Waals surface area contributed by atoms with Crippen molar-refractivity contribution in [2.75, 3.05) is 13.6 Å². The van der Waals surface area contributed by atoms with Crippen LogP contribution in [0, 0.1) is 0 Å². The van der Waals surface area contributed by atoms with Crippen molar-refractivity contribution in [1.82, 2.24) is 10.2 Å². The fraction of sp³-hybridized carbons (Fsp3) is 0.333. The number of nitrogens with two attached hydrogens (primary N) is 1. The topological polar surface area (TPSA) is 75.4 Å². The third-order valence-electron chi connectivity index (χ3n) is 5.21. The summed E-state index contributed by atoms with van der Waals surface area (Å²) in [4.78, 5) is 26.8. The van der Waals surface area contributed by atoms with Crippen LogP contribution in [0.3, 0.4) is 0 Å². The first-order valence-corrected chi connectivity index (χ1v) is 9.99. The number of benzene rings is 2. The number of carbonyl (C=O) groups is 2. The maximum atomic E-state index is 13.0. The van der Waals surface area contributed by atoms with E-state index in [0.717, 1.165) is 31.4 Å². The molecule has 0 aliphatic carbocycles. The quantitative estimate of drug-likeness (QED) is 0.767. The Kier molecular flexibility index (Phi) is 6.60. The molecular formula is C21H23Cl2N3O2. The highest BCUT2D eigenvalue weighted by molar-refractivity contribution is 6.40. The number of nitrogens with one attached hydrogen (secondary N) is 1. The van der Waals surface area contributed by atoms with E-state index in [4.69, 9.17) is 28.9 Å². The maximum Gasteiger partial charge on any atom is 0.251 e. The lowest BCUT2D eigenvalue weighted by Crippen LogP contribution is -2.47. The van der Waals surface area contributed by atoms with Crippen LogP contribution in [0.15, 0.2) is 42.5 Å². The minimum Gasteiger partial charge on any atom is -0.366 e. The van der Waals surface area contributed by atoms with E-state index in [0.29, 0.717) is 5.56 Å². The fourth-order valence-electron chi connectivity index (χ4n) is 3.75. The minimum absolute atomic E-state index is 0.0199. The summed E-state index contributed by atoms with van der Waals surface area (Å²) in [5, 5.41) is 3.27. The first kappa shape index (κ1) is 20.6. The number of primary amides is 1. The molecule has 28 heavy (non-hydrogen) atoms. The third-order valence-corrected chi connectivity index (χ3v) is 5.80. The molecule has 5 nitrogen and oxygen atoms in total. The number of halogens is 2. The number of likely N-dealkylation sites (N-methyl/N-ethyl adjacent to an activating group) is 1. The van der Waals surface area contributed by atoms with Crippen LogP contribution in [-0.2, 0) is 0 Å². The van der Waals surface area contributed by atoms with Gasteiger partial charge in [-0.3, -0.25) is 9.59 Å². The van der Waals surface area contributed by atoms with Gasteiger partial charge in [0.25, 0.3) is 11.8 Å². The molecule has 1 aliphatic rings. The Labute approximate surface area is 174 Å². The summed E-state index contributed by atoms with van der Waals surface area (Å²) in [6, 6.07) is 12.8. The Hall–Kier alpha value is -2.08. The molecular weight excluding hydrogens is 397 g/mol.